The predicted molar refractivity (Wildman–Crippen MR) is 172 cm³/mol. The third-order valence-corrected chi connectivity index (χ3v) is 7.92. The van der Waals surface area contributed by atoms with Gasteiger partial charge in [0, 0.05) is 49.2 Å². The summed E-state index contributed by atoms with van der Waals surface area (Å²) in [6.07, 6.45) is 0. The Balaban J connectivity index is 1.40. The predicted octanol–water partition coefficient (Wildman–Crippen LogP) is 6.33. The zero-order chi connectivity index (χ0) is 31.2. The van der Waals surface area contributed by atoms with Crippen LogP contribution in [-0.2, 0) is 0 Å². The van der Waals surface area contributed by atoms with E-state index in [0.29, 0.717) is 24.3 Å². The quantitative estimate of drug-likeness (QED) is 0.167. The number of hydrogen-bond acceptors (Lipinski definition) is 7. The number of carbonyl (C=O) groups excluding carboxylic acids is 2. The average Bonchev–Trinajstić information content (AvgIpc) is 3.05. The van der Waals surface area contributed by atoms with Gasteiger partial charge in [-0.25, -0.2) is 0 Å². The summed E-state index contributed by atoms with van der Waals surface area (Å²) in [5, 5.41) is 17.1. The van der Waals surface area contributed by atoms with Crippen LogP contribution in [0.4, 0.5) is 22.7 Å². The highest BCUT2D eigenvalue weighted by Gasteiger charge is 2.25. The van der Waals surface area contributed by atoms with E-state index in [4.69, 9.17) is 16.3 Å². The van der Waals surface area contributed by atoms with Crippen molar-refractivity contribution < 1.29 is 19.2 Å². The second-order valence-corrected chi connectivity index (χ2v) is 10.8. The molecule has 1 saturated heterocycles. The molecule has 0 aliphatic carbocycles. The molecule has 1 fully saturated rings. The molecule has 4 aromatic rings. The van der Waals surface area contributed by atoms with Gasteiger partial charge in [0.25, 0.3) is 17.5 Å². The number of hydrogen-bond donors (Lipinski definition) is 2. The average molecular weight is 614 g/mol. The van der Waals surface area contributed by atoms with Crippen LogP contribution in [0.2, 0.25) is 5.02 Å². The third-order valence-electron chi connectivity index (χ3n) is 7.60. The minimum absolute atomic E-state index is 0.0619. The summed E-state index contributed by atoms with van der Waals surface area (Å²) in [6, 6.07) is 26.3. The number of halogens is 1. The van der Waals surface area contributed by atoms with Gasteiger partial charge in [0.15, 0.2) is 0 Å². The fourth-order valence-corrected chi connectivity index (χ4v) is 5.43. The van der Waals surface area contributed by atoms with Crippen molar-refractivity contribution in [2.24, 2.45) is 0 Å². The second kappa shape index (κ2) is 13.5. The number of para-hydroxylation sites is 2. The van der Waals surface area contributed by atoms with Crippen molar-refractivity contribution in [3.05, 3.63) is 123 Å². The van der Waals surface area contributed by atoms with E-state index in [1.165, 1.54) is 12.1 Å². The number of ether oxygens (including phenoxy) is 1. The number of benzene rings is 4. The number of nitro groups is 1. The molecule has 1 atom stereocenters. The molecule has 1 aliphatic heterocycles. The maximum Gasteiger partial charge on any atom is 0.288 e. The minimum Gasteiger partial charge on any atom is -0.495 e. The Labute approximate surface area is 260 Å². The molecule has 0 saturated carbocycles. The molecule has 1 unspecified atom stereocenters. The van der Waals surface area contributed by atoms with Gasteiger partial charge in [-0.1, -0.05) is 54.1 Å². The first-order valence-corrected chi connectivity index (χ1v) is 14.5. The summed E-state index contributed by atoms with van der Waals surface area (Å²) >= 11 is 5.92. The monoisotopic (exact) mass is 613 g/mol. The lowest BCUT2D eigenvalue weighted by molar-refractivity contribution is -0.384. The number of carbonyl (C=O) groups is 2. The summed E-state index contributed by atoms with van der Waals surface area (Å²) in [4.78, 5) is 41.9. The van der Waals surface area contributed by atoms with Crippen LogP contribution in [0.5, 0.6) is 5.75 Å². The Kier molecular flexibility index (Phi) is 9.30. The van der Waals surface area contributed by atoms with Crippen LogP contribution in [0.25, 0.3) is 0 Å². The number of nitrogens with zero attached hydrogens (tertiary/aromatic N) is 3. The molecule has 10 nitrogen and oxygen atoms in total. The van der Waals surface area contributed by atoms with E-state index in [2.05, 4.69) is 20.4 Å². The smallest absolute Gasteiger partial charge is 0.288 e. The fourth-order valence-electron chi connectivity index (χ4n) is 5.25. The maximum atomic E-state index is 13.8. The molecule has 0 bridgehead atoms. The molecule has 2 N–H and O–H groups in total. The van der Waals surface area contributed by atoms with Crippen LogP contribution in [0, 0.1) is 10.1 Å². The zero-order valence-corrected chi connectivity index (χ0v) is 25.1. The number of rotatable bonds is 9. The Hall–Kier alpha value is -5.09. The van der Waals surface area contributed by atoms with E-state index < -0.39 is 10.8 Å². The molecule has 0 spiro atoms. The van der Waals surface area contributed by atoms with Gasteiger partial charge in [0.2, 0.25) is 0 Å². The van der Waals surface area contributed by atoms with Crippen molar-refractivity contribution in [2.45, 2.75) is 13.0 Å². The largest absolute Gasteiger partial charge is 0.495 e. The van der Waals surface area contributed by atoms with E-state index in [1.54, 1.807) is 19.2 Å². The highest BCUT2D eigenvalue weighted by Crippen LogP contribution is 2.32. The Morgan fingerprint density at radius 2 is 1.52 bits per heavy atom. The van der Waals surface area contributed by atoms with Gasteiger partial charge < -0.3 is 25.2 Å². The molecule has 226 valence electrons. The first-order chi connectivity index (χ1) is 21.2. The molecule has 1 aliphatic rings. The van der Waals surface area contributed by atoms with Crippen LogP contribution in [0.3, 0.4) is 0 Å². The summed E-state index contributed by atoms with van der Waals surface area (Å²) in [6.45, 7) is 4.67. The van der Waals surface area contributed by atoms with Gasteiger partial charge in [0.05, 0.1) is 29.3 Å². The molecule has 5 rings (SSSR count). The van der Waals surface area contributed by atoms with Crippen LogP contribution in [0.15, 0.2) is 91.0 Å². The van der Waals surface area contributed by atoms with Crippen LogP contribution >= 0.6 is 11.6 Å². The summed E-state index contributed by atoms with van der Waals surface area (Å²) in [7, 11) is 1.66. The Morgan fingerprint density at radius 1 is 0.864 bits per heavy atom. The third kappa shape index (κ3) is 6.76. The Morgan fingerprint density at radius 3 is 2.20 bits per heavy atom. The molecule has 0 aromatic heterocycles. The first-order valence-electron chi connectivity index (χ1n) is 14.1. The number of nitro benzene ring substituents is 1. The standard InChI is InChI=1S/C33H32ClN5O5/c1-22(23-8-4-3-5-9-23)35-33(41)26-21-25(36-32(40)24-12-14-27(34)30(20-24)39(42)43)13-15-28(26)37-16-18-38(19-17-37)29-10-6-7-11-31(29)44-2/h3-15,20-22H,16-19H2,1-2H3,(H,35,41)(H,36,40). The molecular weight excluding hydrogens is 582 g/mol. The van der Waals surface area contributed by atoms with E-state index in [1.807, 2.05) is 67.6 Å². The lowest BCUT2D eigenvalue weighted by Crippen LogP contribution is -2.47. The van der Waals surface area contributed by atoms with Gasteiger partial charge in [-0.2, -0.15) is 0 Å². The van der Waals surface area contributed by atoms with Crippen LogP contribution in [0.1, 0.15) is 39.2 Å². The molecule has 4 aromatic carbocycles. The van der Waals surface area contributed by atoms with Crippen molar-refractivity contribution in [2.75, 3.05) is 48.4 Å². The van der Waals surface area contributed by atoms with Crippen molar-refractivity contribution in [1.82, 2.24) is 5.32 Å². The normalized spacial score (nSPS) is 13.6. The molecular formula is C33H32ClN5O5. The fraction of sp³-hybridized carbons (Fsp3) is 0.212. The molecule has 0 radical (unpaired) electrons. The van der Waals surface area contributed by atoms with Gasteiger partial charge in [0.1, 0.15) is 10.8 Å². The van der Waals surface area contributed by atoms with Gasteiger partial charge >= 0.3 is 0 Å². The number of nitrogens with one attached hydrogen (secondary N) is 2. The van der Waals surface area contributed by atoms with Crippen molar-refractivity contribution >= 4 is 46.2 Å². The van der Waals surface area contributed by atoms with Crippen LogP contribution < -0.4 is 25.2 Å². The SMILES string of the molecule is COc1ccccc1N1CCN(c2ccc(NC(=O)c3ccc(Cl)c([N+](=O)[O-])c3)cc2C(=O)NC(C)c2ccccc2)CC1. The molecule has 11 heteroatoms. The van der Waals surface area contributed by atoms with Gasteiger partial charge in [-0.15, -0.1) is 0 Å². The van der Waals surface area contributed by atoms with Gasteiger partial charge in [-0.3, -0.25) is 19.7 Å². The highest BCUT2D eigenvalue weighted by atomic mass is 35.5. The molecule has 1 heterocycles. The van der Waals surface area contributed by atoms with Gasteiger partial charge in [-0.05, 0) is 55.0 Å². The lowest BCUT2D eigenvalue weighted by atomic mass is 10.1. The van der Waals surface area contributed by atoms with E-state index >= 15 is 0 Å². The van der Waals surface area contributed by atoms with Crippen molar-refractivity contribution in [3.8, 4) is 5.75 Å². The van der Waals surface area contributed by atoms with Crippen molar-refractivity contribution in [3.63, 3.8) is 0 Å². The highest BCUT2D eigenvalue weighted by molar-refractivity contribution is 6.32. The summed E-state index contributed by atoms with van der Waals surface area (Å²) in [5.41, 5.74) is 3.20. The number of anilines is 3. The molecule has 44 heavy (non-hydrogen) atoms. The van der Waals surface area contributed by atoms with E-state index in [0.717, 1.165) is 41.8 Å². The summed E-state index contributed by atoms with van der Waals surface area (Å²) in [5.74, 6) is -0.0456. The topological polar surface area (TPSA) is 117 Å². The van der Waals surface area contributed by atoms with Crippen LogP contribution in [-0.4, -0.2) is 50.0 Å². The number of amides is 2. The zero-order valence-electron chi connectivity index (χ0n) is 24.3. The second-order valence-electron chi connectivity index (χ2n) is 10.4. The minimum atomic E-state index is -0.641. The van der Waals surface area contributed by atoms with E-state index in [9.17, 15) is 19.7 Å². The lowest BCUT2D eigenvalue weighted by Gasteiger charge is -2.38. The summed E-state index contributed by atoms with van der Waals surface area (Å²) < 4.78 is 5.55. The van der Waals surface area contributed by atoms with Crippen molar-refractivity contribution in [1.29, 1.82) is 0 Å². The Bertz CT molecular complexity index is 1670. The first kappa shape index (κ1) is 30.4. The number of methoxy groups -OCH3 is 1. The maximum absolute atomic E-state index is 13.8. The van der Waals surface area contributed by atoms with E-state index in [-0.39, 0.29) is 28.2 Å². The molecule has 2 amide bonds. The number of piperazine rings is 1.